The zero-order valence-corrected chi connectivity index (χ0v) is 37.9. The van der Waals surface area contributed by atoms with Gasteiger partial charge in [-0.2, -0.15) is 0 Å². The van der Waals surface area contributed by atoms with Gasteiger partial charge in [-0.05, 0) is 139 Å². The molecule has 1 atom stereocenters. The Morgan fingerprint density at radius 1 is 0.300 bits per heavy atom. The predicted octanol–water partition coefficient (Wildman–Crippen LogP) is 18.2. The van der Waals surface area contributed by atoms with Crippen LogP contribution in [0.1, 0.15) is 22.3 Å². The fraction of sp³-hybridized carbons (Fsp3) is 0.0149. The number of rotatable bonds is 4. The van der Waals surface area contributed by atoms with Crippen molar-refractivity contribution in [3.8, 4) is 78.3 Å². The van der Waals surface area contributed by atoms with Gasteiger partial charge < -0.3 is 14.1 Å². The van der Waals surface area contributed by atoms with Crippen molar-refractivity contribution in [3.05, 3.63) is 271 Å². The van der Waals surface area contributed by atoms with E-state index in [9.17, 15) is 0 Å². The number of fused-ring (bicyclic) bond motifs is 21. The molecule has 70 heavy (non-hydrogen) atoms. The molecule has 2 aliphatic carbocycles. The molecule has 1 spiro atoms. The molecule has 0 fully saturated rings. The second-order valence-corrected chi connectivity index (χ2v) is 18.6. The number of nitrogens with zero attached hydrogens (tertiary/aromatic N) is 1. The van der Waals surface area contributed by atoms with Crippen LogP contribution in [0.5, 0.6) is 11.5 Å². The lowest BCUT2D eigenvalue weighted by Crippen LogP contribution is -2.29. The minimum absolute atomic E-state index is 0.714. The summed E-state index contributed by atoms with van der Waals surface area (Å²) in [5, 5.41) is 2.28. The van der Waals surface area contributed by atoms with Crippen LogP contribution in [0.15, 0.2) is 253 Å². The fourth-order valence-corrected chi connectivity index (χ4v) is 12.2. The summed E-state index contributed by atoms with van der Waals surface area (Å²) >= 11 is 0. The molecule has 2 heterocycles. The first-order valence-electron chi connectivity index (χ1n) is 24.1. The minimum atomic E-state index is -0.714. The molecule has 1 aliphatic heterocycles. The van der Waals surface area contributed by atoms with E-state index < -0.39 is 5.41 Å². The molecule has 3 nitrogen and oxygen atoms in total. The van der Waals surface area contributed by atoms with Crippen LogP contribution in [0.4, 0.5) is 17.1 Å². The molecule has 3 aliphatic rings. The third-order valence-electron chi connectivity index (χ3n) is 15.1. The molecule has 0 bridgehead atoms. The number of ether oxygens (including phenoxy) is 1. The molecule has 0 radical (unpaired) electrons. The number of benzene rings is 11. The minimum Gasteiger partial charge on any atom is -0.456 e. The maximum atomic E-state index is 6.81. The van der Waals surface area contributed by atoms with Crippen molar-refractivity contribution in [2.75, 3.05) is 4.90 Å². The molecule has 0 N–H and O–H groups in total. The zero-order chi connectivity index (χ0) is 45.9. The van der Waals surface area contributed by atoms with Crippen molar-refractivity contribution in [2.45, 2.75) is 5.41 Å². The predicted molar refractivity (Wildman–Crippen MR) is 287 cm³/mol. The van der Waals surface area contributed by atoms with Gasteiger partial charge in [0.25, 0.3) is 0 Å². The molecule has 3 heteroatoms. The van der Waals surface area contributed by atoms with Gasteiger partial charge >= 0.3 is 0 Å². The molecule has 15 rings (SSSR count). The topological polar surface area (TPSA) is 25.6 Å². The molecular formula is C67H41NO2. The quantitative estimate of drug-likeness (QED) is 0.176. The first-order chi connectivity index (χ1) is 34.7. The molecule has 0 amide bonds. The van der Waals surface area contributed by atoms with Crippen molar-refractivity contribution in [3.63, 3.8) is 0 Å². The van der Waals surface area contributed by atoms with E-state index in [-0.39, 0.29) is 0 Å². The van der Waals surface area contributed by atoms with Crippen molar-refractivity contribution >= 4 is 39.0 Å². The molecule has 11 aromatic carbocycles. The van der Waals surface area contributed by atoms with E-state index in [1.54, 1.807) is 0 Å². The van der Waals surface area contributed by atoms with Gasteiger partial charge in [-0.25, -0.2) is 0 Å². The second kappa shape index (κ2) is 14.9. The standard InChI is InChI=1S/C67H41NO2/c1-2-16-42(17-3-1)43-30-32-44(33-31-43)68(45-35-38-63-56(40-45)50-21-7-6-20-49(50)53-23-10-14-28-61(53)69-63)46-34-36-52-48-19-5-4-18-47(48)51-22-8-12-26-57(51)67(60(52)41-46)58-27-13-9-24-54(58)65-59(67)37-39-64-66(65)55-25-11-15-29-62(55)70-64/h1-41H. The van der Waals surface area contributed by atoms with Crippen LogP contribution in [-0.4, -0.2) is 0 Å². The van der Waals surface area contributed by atoms with Crippen LogP contribution in [-0.2, 0) is 5.41 Å². The van der Waals surface area contributed by atoms with Crippen molar-refractivity contribution in [1.82, 2.24) is 0 Å². The van der Waals surface area contributed by atoms with Gasteiger partial charge in [-0.1, -0.05) is 188 Å². The zero-order valence-electron chi connectivity index (χ0n) is 37.9. The van der Waals surface area contributed by atoms with Crippen molar-refractivity contribution < 1.29 is 9.15 Å². The fourth-order valence-electron chi connectivity index (χ4n) is 12.2. The molecule has 1 aromatic heterocycles. The van der Waals surface area contributed by atoms with E-state index in [1.807, 2.05) is 6.07 Å². The van der Waals surface area contributed by atoms with E-state index >= 15 is 0 Å². The van der Waals surface area contributed by atoms with Gasteiger partial charge in [-0.15, -0.1) is 0 Å². The maximum Gasteiger partial charge on any atom is 0.136 e. The maximum absolute atomic E-state index is 6.81. The van der Waals surface area contributed by atoms with Crippen molar-refractivity contribution in [1.29, 1.82) is 0 Å². The Balaban J connectivity index is 1.03. The SMILES string of the molecule is c1ccc(-c2ccc(N(c3ccc4c(c3)-c3ccccc3-c3ccccc3O4)c3ccc4c(c3)C3(c5ccccc5-c5ccccc5-4)c4ccccc4-c4c3ccc3oc5ccccc5c43)cc2)cc1. The second-order valence-electron chi connectivity index (χ2n) is 18.6. The Bertz CT molecular complexity index is 4110. The van der Waals surface area contributed by atoms with Crippen LogP contribution >= 0.6 is 0 Å². The van der Waals surface area contributed by atoms with Crippen LogP contribution in [0, 0.1) is 0 Å². The number of hydrogen-bond donors (Lipinski definition) is 0. The van der Waals surface area contributed by atoms with Crippen LogP contribution < -0.4 is 9.64 Å². The molecule has 326 valence electrons. The normalized spacial score (nSPS) is 14.5. The Labute approximate surface area is 405 Å². The summed E-state index contributed by atoms with van der Waals surface area (Å²) < 4.78 is 13.4. The summed E-state index contributed by atoms with van der Waals surface area (Å²) in [6.07, 6.45) is 0. The summed E-state index contributed by atoms with van der Waals surface area (Å²) in [6.45, 7) is 0. The highest BCUT2D eigenvalue weighted by Crippen LogP contribution is 2.64. The Hall–Kier alpha value is -9.18. The largest absolute Gasteiger partial charge is 0.456 e. The summed E-state index contributed by atoms with van der Waals surface area (Å²) in [7, 11) is 0. The Morgan fingerprint density at radius 3 is 1.60 bits per heavy atom. The lowest BCUT2D eigenvalue weighted by molar-refractivity contribution is 0.488. The van der Waals surface area contributed by atoms with E-state index in [1.165, 1.54) is 61.2 Å². The Morgan fingerprint density at radius 2 is 0.829 bits per heavy atom. The summed E-state index contributed by atoms with van der Waals surface area (Å²) in [5.74, 6) is 1.68. The van der Waals surface area contributed by atoms with Crippen LogP contribution in [0.3, 0.4) is 0 Å². The number of para-hydroxylation sites is 2. The van der Waals surface area contributed by atoms with E-state index in [0.29, 0.717) is 0 Å². The number of hydrogen-bond acceptors (Lipinski definition) is 3. The van der Waals surface area contributed by atoms with Crippen LogP contribution in [0.25, 0.3) is 88.7 Å². The van der Waals surface area contributed by atoms with Crippen molar-refractivity contribution in [2.24, 2.45) is 0 Å². The van der Waals surface area contributed by atoms with E-state index in [4.69, 9.17) is 9.15 Å². The van der Waals surface area contributed by atoms with Gasteiger partial charge in [0.1, 0.15) is 22.7 Å². The number of anilines is 3. The smallest absolute Gasteiger partial charge is 0.136 e. The van der Waals surface area contributed by atoms with Gasteiger partial charge in [0.15, 0.2) is 0 Å². The van der Waals surface area contributed by atoms with Crippen LogP contribution in [0.2, 0.25) is 0 Å². The lowest BCUT2D eigenvalue weighted by Gasteiger charge is -2.36. The molecule has 12 aromatic rings. The highest BCUT2D eigenvalue weighted by Gasteiger charge is 2.51. The first-order valence-corrected chi connectivity index (χ1v) is 24.1. The monoisotopic (exact) mass is 891 g/mol. The summed E-state index contributed by atoms with van der Waals surface area (Å²) in [6, 6.07) is 90.8. The molecular weight excluding hydrogens is 851 g/mol. The third kappa shape index (κ3) is 5.46. The summed E-state index contributed by atoms with van der Waals surface area (Å²) in [5.41, 5.74) is 23.3. The lowest BCUT2D eigenvalue weighted by atomic mass is 9.65. The average Bonchev–Trinajstić information content (AvgIpc) is 3.88. The summed E-state index contributed by atoms with van der Waals surface area (Å²) in [4.78, 5) is 2.43. The average molecular weight is 892 g/mol. The van der Waals surface area contributed by atoms with Gasteiger partial charge in [0.2, 0.25) is 0 Å². The molecule has 0 saturated carbocycles. The molecule has 0 saturated heterocycles. The molecule has 1 unspecified atom stereocenters. The van der Waals surface area contributed by atoms with E-state index in [0.717, 1.165) is 78.3 Å². The third-order valence-corrected chi connectivity index (χ3v) is 15.1. The highest BCUT2D eigenvalue weighted by atomic mass is 16.5. The number of furan rings is 1. The van der Waals surface area contributed by atoms with Gasteiger partial charge in [-0.3, -0.25) is 0 Å². The van der Waals surface area contributed by atoms with Gasteiger partial charge in [0.05, 0.1) is 5.41 Å². The van der Waals surface area contributed by atoms with E-state index in [2.05, 4.69) is 248 Å². The highest BCUT2D eigenvalue weighted by molar-refractivity contribution is 6.16. The first kappa shape index (κ1) is 38.9. The Kier molecular flexibility index (Phi) is 8.28. The van der Waals surface area contributed by atoms with Gasteiger partial charge in [0, 0.05) is 39.0 Å².